The van der Waals surface area contributed by atoms with Gasteiger partial charge in [-0.15, -0.1) is 12.4 Å². The van der Waals surface area contributed by atoms with Crippen molar-refractivity contribution in [3.05, 3.63) is 35.9 Å². The van der Waals surface area contributed by atoms with E-state index in [4.69, 9.17) is 0 Å². The summed E-state index contributed by atoms with van der Waals surface area (Å²) in [7, 11) is -1.10. The van der Waals surface area contributed by atoms with Crippen LogP contribution < -0.4 is 0 Å². The first-order chi connectivity index (χ1) is 9.76. The topological polar surface area (TPSA) is 0 Å². The Morgan fingerprint density at radius 3 is 1.52 bits per heavy atom. The zero-order valence-electron chi connectivity index (χ0n) is 14.4. The predicted molar refractivity (Wildman–Crippen MR) is 105 cm³/mol. The summed E-state index contributed by atoms with van der Waals surface area (Å²) in [5.41, 5.74) is 1.60. The van der Waals surface area contributed by atoms with E-state index in [0.29, 0.717) is 0 Å². The van der Waals surface area contributed by atoms with Crippen LogP contribution in [-0.4, -0.2) is 18.5 Å². The molecular formula is C19H36ClP. The molecule has 0 unspecified atom stereocenters. The Hall–Kier alpha value is -0.0600. The molecule has 0 nitrogen and oxygen atoms in total. The number of benzene rings is 1. The smallest absolute Gasteiger partial charge is 0.147 e. The molecule has 0 aliphatic rings. The van der Waals surface area contributed by atoms with Gasteiger partial charge in [-0.3, -0.25) is 0 Å². The molecule has 1 aromatic carbocycles. The van der Waals surface area contributed by atoms with Gasteiger partial charge in [0.05, 0.1) is 0 Å². The molecule has 0 spiro atoms. The summed E-state index contributed by atoms with van der Waals surface area (Å²) in [4.78, 5) is 0. The first kappa shape index (κ1) is 20.9. The van der Waals surface area contributed by atoms with Crippen LogP contribution in [0.25, 0.3) is 0 Å². The number of hydrogen-bond donors (Lipinski definition) is 0. The van der Waals surface area contributed by atoms with Crippen molar-refractivity contribution < 1.29 is 0 Å². The quantitative estimate of drug-likeness (QED) is 0.393. The molecule has 1 aromatic rings. The summed E-state index contributed by atoms with van der Waals surface area (Å²) in [6, 6.07) is 11.3. The van der Waals surface area contributed by atoms with Crippen LogP contribution in [0.3, 0.4) is 0 Å². The molecule has 0 heterocycles. The van der Waals surface area contributed by atoms with E-state index in [-0.39, 0.29) is 12.4 Å². The average molecular weight is 331 g/mol. The molecule has 0 aromatic heterocycles. The number of unbranched alkanes of at least 4 members (excludes halogenated alkanes) is 3. The van der Waals surface area contributed by atoms with Crippen LogP contribution >= 0.6 is 19.7 Å². The fourth-order valence-corrected chi connectivity index (χ4v) is 9.02. The van der Waals surface area contributed by atoms with Crippen molar-refractivity contribution in [3.63, 3.8) is 0 Å². The van der Waals surface area contributed by atoms with Gasteiger partial charge in [0.25, 0.3) is 0 Å². The van der Waals surface area contributed by atoms with Crippen molar-refractivity contribution in [3.8, 4) is 0 Å². The summed E-state index contributed by atoms with van der Waals surface area (Å²) in [6.45, 7) is 7.05. The first-order valence-electron chi connectivity index (χ1n) is 8.80. The van der Waals surface area contributed by atoms with E-state index in [2.05, 4.69) is 51.1 Å². The van der Waals surface area contributed by atoms with E-state index in [0.717, 1.165) is 0 Å². The molecule has 0 radical (unpaired) electrons. The maximum absolute atomic E-state index is 2.35. The normalized spacial score (nSPS) is 12.0. The molecule has 1 rings (SSSR count). The van der Waals surface area contributed by atoms with Crippen LogP contribution in [-0.2, 0) is 6.16 Å². The van der Waals surface area contributed by atoms with Crippen LogP contribution in [0.2, 0.25) is 0 Å². The minimum Gasteiger partial charge on any atom is -0.147 e. The second-order valence-corrected chi connectivity index (χ2v) is 11.3. The molecule has 0 N–H and O–H groups in total. The minimum atomic E-state index is -1.10. The van der Waals surface area contributed by atoms with Gasteiger partial charge in [0.2, 0.25) is 0 Å². The van der Waals surface area contributed by atoms with Gasteiger partial charge in [0, 0.05) is 0 Å². The summed E-state index contributed by atoms with van der Waals surface area (Å²) < 4.78 is 0. The van der Waals surface area contributed by atoms with E-state index in [1.807, 2.05) is 0 Å². The Labute approximate surface area is 139 Å². The summed E-state index contributed by atoms with van der Waals surface area (Å²) in [5.74, 6) is 0. The summed E-state index contributed by atoms with van der Waals surface area (Å²) in [6.07, 6.45) is 14.5. The van der Waals surface area contributed by atoms with Gasteiger partial charge >= 0.3 is 127 Å². The van der Waals surface area contributed by atoms with E-state index in [9.17, 15) is 0 Å². The molecule has 2 heteroatoms. The van der Waals surface area contributed by atoms with Gasteiger partial charge in [-0.25, -0.2) is 0 Å². The molecule has 0 amide bonds. The van der Waals surface area contributed by atoms with Crippen molar-refractivity contribution in [2.45, 2.75) is 65.5 Å². The van der Waals surface area contributed by atoms with Crippen molar-refractivity contribution in [1.29, 1.82) is 0 Å². The van der Waals surface area contributed by atoms with Crippen LogP contribution in [0.1, 0.15) is 64.9 Å². The predicted octanol–water partition coefficient (Wildman–Crippen LogP) is 6.76. The summed E-state index contributed by atoms with van der Waals surface area (Å²) >= 11 is 0. The summed E-state index contributed by atoms with van der Waals surface area (Å²) in [5, 5.41) is 0. The Balaban J connectivity index is 0.00000400. The van der Waals surface area contributed by atoms with Crippen LogP contribution in [0, 0.1) is 0 Å². The van der Waals surface area contributed by atoms with Gasteiger partial charge in [-0.1, -0.05) is 0 Å². The molecule has 0 aliphatic carbocycles. The standard InChI is InChI=1S/C19H35P.ClH/c1-4-7-15-20(16-8-5-2,17-9-6-3)18-19-13-11-10-12-14-19;/h10-14,20H,4-9,15-18H2,1-3H3;1H. The molecule has 0 aliphatic heterocycles. The van der Waals surface area contributed by atoms with Gasteiger partial charge in [-0.2, -0.15) is 0 Å². The molecule has 0 saturated heterocycles. The van der Waals surface area contributed by atoms with Gasteiger partial charge in [0.1, 0.15) is 0 Å². The fraction of sp³-hybridized carbons (Fsp3) is 0.684. The second-order valence-electron chi connectivity index (χ2n) is 6.47. The Morgan fingerprint density at radius 2 is 1.14 bits per heavy atom. The second kappa shape index (κ2) is 12.5. The van der Waals surface area contributed by atoms with Crippen molar-refractivity contribution in [2.24, 2.45) is 0 Å². The number of rotatable bonds is 11. The SMILES string of the molecule is CCCC[PH](CCCC)(CCCC)Cc1ccccc1.Cl. The molecular weight excluding hydrogens is 295 g/mol. The van der Waals surface area contributed by atoms with E-state index in [1.165, 1.54) is 44.7 Å². The van der Waals surface area contributed by atoms with Crippen molar-refractivity contribution in [2.75, 3.05) is 18.5 Å². The third-order valence-electron chi connectivity index (χ3n) is 4.60. The molecule has 0 bridgehead atoms. The van der Waals surface area contributed by atoms with Crippen molar-refractivity contribution >= 4 is 19.7 Å². The van der Waals surface area contributed by atoms with E-state index < -0.39 is 7.26 Å². The third kappa shape index (κ3) is 8.22. The zero-order valence-corrected chi connectivity index (χ0v) is 16.2. The Morgan fingerprint density at radius 1 is 0.714 bits per heavy atom. The zero-order chi connectivity index (χ0) is 14.7. The first-order valence-corrected chi connectivity index (χ1v) is 11.6. The Kier molecular flexibility index (Phi) is 12.4. The minimum absolute atomic E-state index is 0. The number of hydrogen-bond acceptors (Lipinski definition) is 0. The number of halogens is 1. The van der Waals surface area contributed by atoms with Crippen LogP contribution in [0.4, 0.5) is 0 Å². The molecule has 0 atom stereocenters. The van der Waals surface area contributed by atoms with Crippen molar-refractivity contribution in [1.82, 2.24) is 0 Å². The monoisotopic (exact) mass is 330 g/mol. The van der Waals surface area contributed by atoms with Gasteiger partial charge < -0.3 is 0 Å². The van der Waals surface area contributed by atoms with Gasteiger partial charge in [0.15, 0.2) is 0 Å². The molecule has 0 saturated carbocycles. The fourth-order valence-electron chi connectivity index (χ4n) is 3.32. The maximum Gasteiger partial charge on any atom is -0.147 e. The van der Waals surface area contributed by atoms with Gasteiger partial charge in [-0.05, 0) is 0 Å². The van der Waals surface area contributed by atoms with Crippen LogP contribution in [0.15, 0.2) is 30.3 Å². The maximum atomic E-state index is 2.35. The third-order valence-corrected chi connectivity index (χ3v) is 10.0. The van der Waals surface area contributed by atoms with E-state index >= 15 is 0 Å². The molecule has 0 fully saturated rings. The average Bonchev–Trinajstić information content (AvgIpc) is 2.49. The Bertz CT molecular complexity index is 315. The van der Waals surface area contributed by atoms with Crippen LogP contribution in [0.5, 0.6) is 0 Å². The molecule has 21 heavy (non-hydrogen) atoms. The largest absolute Gasteiger partial charge is 0.147 e. The van der Waals surface area contributed by atoms with E-state index in [1.54, 1.807) is 24.0 Å². The molecule has 124 valence electrons.